The van der Waals surface area contributed by atoms with Gasteiger partial charge in [-0.15, -0.1) is 0 Å². The third-order valence-electron chi connectivity index (χ3n) is 5.26. The van der Waals surface area contributed by atoms with Crippen LogP contribution in [0.3, 0.4) is 0 Å². The van der Waals surface area contributed by atoms with E-state index in [1.54, 1.807) is 0 Å². The van der Waals surface area contributed by atoms with Crippen molar-refractivity contribution < 1.29 is 14.4 Å². The van der Waals surface area contributed by atoms with Crippen LogP contribution >= 0.6 is 0 Å². The molecule has 0 unspecified atom stereocenters. The number of aromatic nitrogens is 2. The second-order valence-electron chi connectivity index (χ2n) is 7.48. The van der Waals surface area contributed by atoms with E-state index in [1.807, 2.05) is 19.9 Å². The molecule has 1 aliphatic heterocycles. The Morgan fingerprint density at radius 2 is 2.18 bits per heavy atom. The van der Waals surface area contributed by atoms with Crippen molar-refractivity contribution in [2.45, 2.75) is 38.7 Å². The molecule has 2 heterocycles. The van der Waals surface area contributed by atoms with Gasteiger partial charge in [0.25, 0.3) is 0 Å². The number of nitrogens with two attached hydrogens (primary N) is 1. The molecule has 2 aromatic rings. The Morgan fingerprint density at radius 1 is 1.36 bits per heavy atom. The number of carbonyl (C=O) groups is 1. The van der Waals surface area contributed by atoms with Crippen LogP contribution < -0.4 is 11.1 Å². The third-order valence-corrected chi connectivity index (χ3v) is 5.26. The lowest BCUT2D eigenvalue weighted by atomic mass is 9.70. The van der Waals surface area contributed by atoms with Gasteiger partial charge in [0.2, 0.25) is 0 Å². The standard InChI is InChI=1S/C20H23N5O3/c1-4-11-5-6-13-14(7-11)17(25-27-9-12-8-22-19(26)28-12)20(2,3)15-16(13)23-10-24-18(15)21/h5-7,10,12H,4,8-9H2,1-3H3,(H,22,26)(H2,21,23,24)/b25-17+/t12-/m0/s1. The molecule has 0 spiro atoms. The van der Waals surface area contributed by atoms with Crippen molar-refractivity contribution >= 4 is 17.6 Å². The van der Waals surface area contributed by atoms with E-state index in [0.717, 1.165) is 34.5 Å². The molecule has 8 heteroatoms. The van der Waals surface area contributed by atoms with E-state index in [1.165, 1.54) is 11.9 Å². The van der Waals surface area contributed by atoms with Gasteiger partial charge < -0.3 is 20.6 Å². The molecule has 8 nitrogen and oxygen atoms in total. The van der Waals surface area contributed by atoms with E-state index in [4.69, 9.17) is 15.3 Å². The fourth-order valence-corrected chi connectivity index (χ4v) is 3.76. The predicted octanol–water partition coefficient (Wildman–Crippen LogP) is 2.41. The Kier molecular flexibility index (Phi) is 4.41. The third kappa shape index (κ3) is 2.94. The summed E-state index contributed by atoms with van der Waals surface area (Å²) in [6, 6.07) is 6.26. The lowest BCUT2D eigenvalue weighted by Crippen LogP contribution is -2.36. The minimum absolute atomic E-state index is 0.175. The highest BCUT2D eigenvalue weighted by atomic mass is 16.7. The van der Waals surface area contributed by atoms with Crippen LogP contribution in [-0.2, 0) is 21.4 Å². The zero-order valence-corrected chi connectivity index (χ0v) is 16.2. The molecule has 1 aromatic heterocycles. The van der Waals surface area contributed by atoms with Gasteiger partial charge in [0.05, 0.1) is 18.0 Å². The summed E-state index contributed by atoms with van der Waals surface area (Å²) in [5, 5.41) is 7.07. The number of rotatable bonds is 4. The summed E-state index contributed by atoms with van der Waals surface area (Å²) in [6.45, 7) is 6.76. The Morgan fingerprint density at radius 3 is 2.89 bits per heavy atom. The van der Waals surface area contributed by atoms with Gasteiger partial charge >= 0.3 is 6.09 Å². The number of cyclic esters (lactones) is 1. The Hall–Kier alpha value is -3.16. The van der Waals surface area contributed by atoms with Gasteiger partial charge in [0.15, 0.2) is 12.7 Å². The fourth-order valence-electron chi connectivity index (χ4n) is 3.76. The van der Waals surface area contributed by atoms with E-state index in [0.29, 0.717) is 12.4 Å². The van der Waals surface area contributed by atoms with Crippen molar-refractivity contribution in [1.82, 2.24) is 15.3 Å². The maximum atomic E-state index is 11.2. The molecule has 1 aromatic carbocycles. The average Bonchev–Trinajstić information content (AvgIpc) is 3.08. The maximum absolute atomic E-state index is 11.2. The Balaban J connectivity index is 1.78. The molecule has 1 saturated heterocycles. The van der Waals surface area contributed by atoms with Crippen molar-refractivity contribution in [3.63, 3.8) is 0 Å². The van der Waals surface area contributed by atoms with Crippen molar-refractivity contribution in [1.29, 1.82) is 0 Å². The molecule has 0 radical (unpaired) electrons. The minimum Gasteiger partial charge on any atom is -0.441 e. The largest absolute Gasteiger partial charge is 0.441 e. The van der Waals surface area contributed by atoms with Crippen LogP contribution in [0, 0.1) is 0 Å². The fraction of sp³-hybridized carbons (Fsp3) is 0.400. The molecule has 1 fully saturated rings. The number of benzene rings is 1. The molecular weight excluding hydrogens is 358 g/mol. The molecular formula is C20H23N5O3. The average molecular weight is 381 g/mol. The molecule has 1 amide bonds. The van der Waals surface area contributed by atoms with Crippen molar-refractivity contribution in [3.05, 3.63) is 41.2 Å². The second-order valence-corrected chi connectivity index (χ2v) is 7.48. The van der Waals surface area contributed by atoms with Gasteiger partial charge in [0.1, 0.15) is 12.1 Å². The summed E-state index contributed by atoms with van der Waals surface area (Å²) in [4.78, 5) is 25.5. The molecule has 1 aliphatic carbocycles. The lowest BCUT2D eigenvalue weighted by Gasteiger charge is -2.35. The van der Waals surface area contributed by atoms with E-state index in [9.17, 15) is 4.79 Å². The minimum atomic E-state index is -0.551. The predicted molar refractivity (Wildman–Crippen MR) is 105 cm³/mol. The number of nitrogens with zero attached hydrogens (tertiary/aromatic N) is 3. The summed E-state index contributed by atoms with van der Waals surface area (Å²) in [5.74, 6) is 0.432. The quantitative estimate of drug-likeness (QED) is 0.787. The highest BCUT2D eigenvalue weighted by molar-refractivity contribution is 6.15. The number of hydrogen-bond donors (Lipinski definition) is 2. The van der Waals surface area contributed by atoms with Crippen molar-refractivity contribution in [2.75, 3.05) is 18.9 Å². The zero-order valence-electron chi connectivity index (χ0n) is 16.2. The van der Waals surface area contributed by atoms with E-state index in [-0.39, 0.29) is 12.7 Å². The molecule has 3 N–H and O–H groups in total. The van der Waals surface area contributed by atoms with Crippen LogP contribution in [0.4, 0.5) is 10.6 Å². The number of amides is 1. The van der Waals surface area contributed by atoms with Gasteiger partial charge in [-0.2, -0.15) is 0 Å². The van der Waals surface area contributed by atoms with E-state index in [2.05, 4.69) is 39.5 Å². The van der Waals surface area contributed by atoms with Crippen LogP contribution in [0.1, 0.15) is 37.5 Å². The highest BCUT2D eigenvalue weighted by Crippen LogP contribution is 2.44. The lowest BCUT2D eigenvalue weighted by molar-refractivity contribution is 0.0487. The summed E-state index contributed by atoms with van der Waals surface area (Å²) in [5.41, 5.74) is 11.2. The number of ether oxygens (including phenoxy) is 1. The molecule has 146 valence electrons. The number of anilines is 1. The van der Waals surface area contributed by atoms with Crippen LogP contribution in [0.25, 0.3) is 11.3 Å². The monoisotopic (exact) mass is 381 g/mol. The topological polar surface area (TPSA) is 112 Å². The normalized spacial score (nSPS) is 20.9. The van der Waals surface area contributed by atoms with Gasteiger partial charge in [-0.1, -0.05) is 24.2 Å². The van der Waals surface area contributed by atoms with Crippen molar-refractivity contribution in [3.8, 4) is 11.3 Å². The highest BCUT2D eigenvalue weighted by Gasteiger charge is 2.40. The molecule has 2 aliphatic rings. The maximum Gasteiger partial charge on any atom is 0.407 e. The number of carbonyl (C=O) groups excluding carboxylic acids is 1. The number of nitrogens with one attached hydrogen (secondary N) is 1. The molecule has 4 rings (SSSR count). The summed E-state index contributed by atoms with van der Waals surface area (Å²) in [7, 11) is 0. The molecule has 0 saturated carbocycles. The van der Waals surface area contributed by atoms with E-state index >= 15 is 0 Å². The number of nitrogen functional groups attached to an aromatic ring is 1. The number of alkyl carbamates (subject to hydrolysis) is 1. The van der Waals surface area contributed by atoms with Gasteiger partial charge in [-0.05, 0) is 31.9 Å². The molecule has 0 bridgehead atoms. The number of fused-ring (bicyclic) bond motifs is 3. The van der Waals surface area contributed by atoms with Gasteiger partial charge in [0, 0.05) is 22.1 Å². The zero-order chi connectivity index (χ0) is 19.9. The number of hydrogen-bond acceptors (Lipinski definition) is 7. The van der Waals surface area contributed by atoms with Crippen LogP contribution in [0.5, 0.6) is 0 Å². The SMILES string of the molecule is CCc1ccc2c(c1)/C(=N\OC[C@@H]1CNC(=O)O1)C(C)(C)c1c(N)ncnc1-2. The van der Waals surface area contributed by atoms with Crippen LogP contribution in [0.15, 0.2) is 29.7 Å². The summed E-state index contributed by atoms with van der Waals surface area (Å²) >= 11 is 0. The summed E-state index contributed by atoms with van der Waals surface area (Å²) < 4.78 is 5.10. The van der Waals surface area contributed by atoms with Gasteiger partial charge in [-0.25, -0.2) is 14.8 Å². The number of oxime groups is 1. The molecule has 1 atom stereocenters. The Bertz CT molecular complexity index is 970. The number of aryl methyl sites for hydroxylation is 1. The first-order chi connectivity index (χ1) is 13.4. The van der Waals surface area contributed by atoms with Gasteiger partial charge in [-0.3, -0.25) is 0 Å². The van der Waals surface area contributed by atoms with E-state index < -0.39 is 11.5 Å². The Labute approximate surface area is 163 Å². The van der Waals surface area contributed by atoms with Crippen molar-refractivity contribution in [2.24, 2.45) is 5.16 Å². The smallest absolute Gasteiger partial charge is 0.407 e. The summed E-state index contributed by atoms with van der Waals surface area (Å²) in [6.07, 6.45) is 1.60. The van der Waals surface area contributed by atoms with Crippen LogP contribution in [0.2, 0.25) is 0 Å². The first kappa shape index (κ1) is 18.2. The second kappa shape index (κ2) is 6.78. The van der Waals surface area contributed by atoms with Crippen LogP contribution in [-0.4, -0.2) is 41.0 Å². The first-order valence-electron chi connectivity index (χ1n) is 9.31. The molecule has 28 heavy (non-hydrogen) atoms. The first-order valence-corrected chi connectivity index (χ1v) is 9.31.